The van der Waals surface area contributed by atoms with Crippen LogP contribution in [0, 0.1) is 13.8 Å². The summed E-state index contributed by atoms with van der Waals surface area (Å²) in [4.78, 5) is 16.2. The van der Waals surface area contributed by atoms with Gasteiger partial charge in [0.05, 0.1) is 5.69 Å². The minimum Gasteiger partial charge on any atom is -0.477 e. The molecule has 2 aromatic rings. The Morgan fingerprint density at radius 3 is 2.52 bits per heavy atom. The standard InChI is InChI=1S/C12H14N2O4S3/c1-4-8-7(3)19-12(13-8)14-21(17,18)9-5-6(2)10(20-9)11(15)16/h5H,4H2,1-3H3,(H,13,14)(H,15,16). The number of thiazole rings is 1. The van der Waals surface area contributed by atoms with Crippen molar-refractivity contribution < 1.29 is 18.3 Å². The number of aryl methyl sites for hydroxylation is 3. The number of carbonyl (C=O) groups is 1. The van der Waals surface area contributed by atoms with Crippen LogP contribution in [0.25, 0.3) is 0 Å². The first-order valence-electron chi connectivity index (χ1n) is 6.07. The zero-order valence-electron chi connectivity index (χ0n) is 11.6. The van der Waals surface area contributed by atoms with Crippen molar-refractivity contribution >= 4 is 43.8 Å². The first kappa shape index (κ1) is 15.9. The molecule has 2 heterocycles. The number of aromatic carboxylic acids is 1. The van der Waals surface area contributed by atoms with Crippen molar-refractivity contribution in [2.75, 3.05) is 4.72 Å². The minimum atomic E-state index is -3.81. The van der Waals surface area contributed by atoms with Crippen LogP contribution in [-0.4, -0.2) is 24.5 Å². The van der Waals surface area contributed by atoms with E-state index in [0.29, 0.717) is 10.7 Å². The van der Waals surface area contributed by atoms with Crippen LogP contribution in [0.15, 0.2) is 10.3 Å². The Bertz CT molecular complexity index is 790. The third-order valence-electron chi connectivity index (χ3n) is 2.80. The Labute approximate surface area is 130 Å². The molecule has 2 rings (SSSR count). The average Bonchev–Trinajstić information content (AvgIpc) is 2.92. The van der Waals surface area contributed by atoms with Crippen molar-refractivity contribution in [3.63, 3.8) is 0 Å². The summed E-state index contributed by atoms with van der Waals surface area (Å²) in [5.74, 6) is -1.13. The lowest BCUT2D eigenvalue weighted by Crippen LogP contribution is -2.11. The maximum Gasteiger partial charge on any atom is 0.346 e. The van der Waals surface area contributed by atoms with Gasteiger partial charge >= 0.3 is 5.97 Å². The molecule has 0 aliphatic carbocycles. The fourth-order valence-electron chi connectivity index (χ4n) is 1.76. The molecule has 0 saturated carbocycles. The normalized spacial score (nSPS) is 11.6. The van der Waals surface area contributed by atoms with E-state index in [1.165, 1.54) is 17.4 Å². The van der Waals surface area contributed by atoms with Gasteiger partial charge in [-0.05, 0) is 31.9 Å². The monoisotopic (exact) mass is 346 g/mol. The number of hydrogen-bond acceptors (Lipinski definition) is 6. The minimum absolute atomic E-state index is 0.0247. The number of anilines is 1. The van der Waals surface area contributed by atoms with Gasteiger partial charge in [-0.25, -0.2) is 18.2 Å². The second-order valence-electron chi connectivity index (χ2n) is 4.36. The van der Waals surface area contributed by atoms with Crippen LogP contribution in [0.1, 0.15) is 32.7 Å². The molecule has 0 aromatic carbocycles. The second kappa shape index (κ2) is 5.74. The van der Waals surface area contributed by atoms with Crippen LogP contribution in [0.4, 0.5) is 5.13 Å². The van der Waals surface area contributed by atoms with E-state index in [-0.39, 0.29) is 9.09 Å². The number of rotatable bonds is 5. The molecule has 0 amide bonds. The van der Waals surface area contributed by atoms with Crippen LogP contribution in [0.2, 0.25) is 0 Å². The molecule has 2 aromatic heterocycles. The van der Waals surface area contributed by atoms with Crippen LogP contribution in [0.3, 0.4) is 0 Å². The molecule has 21 heavy (non-hydrogen) atoms. The van der Waals surface area contributed by atoms with E-state index in [1.54, 1.807) is 6.92 Å². The quantitative estimate of drug-likeness (QED) is 0.868. The highest BCUT2D eigenvalue weighted by molar-refractivity contribution is 7.94. The van der Waals surface area contributed by atoms with Crippen molar-refractivity contribution in [3.05, 3.63) is 27.1 Å². The molecule has 0 aliphatic heterocycles. The number of nitrogens with zero attached hydrogens (tertiary/aromatic N) is 1. The van der Waals surface area contributed by atoms with Gasteiger partial charge < -0.3 is 5.11 Å². The maximum atomic E-state index is 12.3. The number of hydrogen-bond donors (Lipinski definition) is 2. The summed E-state index contributed by atoms with van der Waals surface area (Å²) in [6.07, 6.45) is 0.728. The molecular weight excluding hydrogens is 332 g/mol. The molecule has 0 atom stereocenters. The van der Waals surface area contributed by atoms with E-state index in [9.17, 15) is 13.2 Å². The number of sulfonamides is 1. The number of carboxylic acid groups (broad SMARTS) is 1. The summed E-state index contributed by atoms with van der Waals surface area (Å²) in [7, 11) is -3.81. The lowest BCUT2D eigenvalue weighted by Gasteiger charge is -2.01. The highest BCUT2D eigenvalue weighted by atomic mass is 32.2. The topological polar surface area (TPSA) is 96.4 Å². The smallest absolute Gasteiger partial charge is 0.346 e. The molecule has 9 heteroatoms. The van der Waals surface area contributed by atoms with Crippen LogP contribution in [-0.2, 0) is 16.4 Å². The van der Waals surface area contributed by atoms with Crippen LogP contribution < -0.4 is 4.72 Å². The summed E-state index contributed by atoms with van der Waals surface area (Å²) < 4.78 is 26.9. The Hall–Kier alpha value is -1.45. The summed E-state index contributed by atoms with van der Waals surface area (Å²) >= 11 is 2.00. The van der Waals surface area contributed by atoms with Gasteiger partial charge in [-0.15, -0.1) is 22.7 Å². The SMILES string of the molecule is CCc1nc(NS(=O)(=O)c2cc(C)c(C(=O)O)s2)sc1C. The highest BCUT2D eigenvalue weighted by Gasteiger charge is 2.23. The van der Waals surface area contributed by atoms with E-state index < -0.39 is 16.0 Å². The lowest BCUT2D eigenvalue weighted by atomic mass is 10.3. The van der Waals surface area contributed by atoms with Crippen molar-refractivity contribution in [2.24, 2.45) is 0 Å². The van der Waals surface area contributed by atoms with Gasteiger partial charge in [-0.3, -0.25) is 4.72 Å². The lowest BCUT2D eigenvalue weighted by molar-refractivity contribution is 0.0701. The molecule has 0 aliphatic rings. The molecule has 6 nitrogen and oxygen atoms in total. The van der Waals surface area contributed by atoms with Gasteiger partial charge in [-0.1, -0.05) is 6.92 Å². The van der Waals surface area contributed by atoms with Crippen LogP contribution >= 0.6 is 22.7 Å². The fraction of sp³-hybridized carbons (Fsp3) is 0.333. The number of thiophene rings is 1. The van der Waals surface area contributed by atoms with Gasteiger partial charge in [0, 0.05) is 4.88 Å². The zero-order chi connectivity index (χ0) is 15.8. The molecule has 0 bridgehead atoms. The zero-order valence-corrected chi connectivity index (χ0v) is 14.1. The number of carboxylic acids is 1. The molecule has 114 valence electrons. The summed E-state index contributed by atoms with van der Waals surface area (Å²) in [6.45, 7) is 5.40. The maximum absolute atomic E-state index is 12.3. The van der Waals surface area contributed by atoms with Crippen molar-refractivity contribution in [1.82, 2.24) is 4.98 Å². The molecular formula is C12H14N2O4S3. The molecule has 2 N–H and O–H groups in total. The molecule has 0 saturated heterocycles. The average molecular weight is 346 g/mol. The second-order valence-corrected chi connectivity index (χ2v) is 8.53. The van der Waals surface area contributed by atoms with E-state index >= 15 is 0 Å². The van der Waals surface area contributed by atoms with Crippen molar-refractivity contribution in [1.29, 1.82) is 0 Å². The Kier molecular flexibility index (Phi) is 4.35. The summed E-state index contributed by atoms with van der Waals surface area (Å²) in [6, 6.07) is 1.36. The first-order chi connectivity index (χ1) is 9.74. The molecule has 0 unspecified atom stereocenters. The largest absolute Gasteiger partial charge is 0.477 e. The number of nitrogens with one attached hydrogen (secondary N) is 1. The Morgan fingerprint density at radius 1 is 1.38 bits per heavy atom. The van der Waals surface area contributed by atoms with Gasteiger partial charge in [0.15, 0.2) is 5.13 Å². The predicted octanol–water partition coefficient (Wildman–Crippen LogP) is 2.88. The predicted molar refractivity (Wildman–Crippen MR) is 83.1 cm³/mol. The number of aromatic nitrogens is 1. The molecule has 0 spiro atoms. The van der Waals surface area contributed by atoms with E-state index in [1.807, 2.05) is 13.8 Å². The van der Waals surface area contributed by atoms with Crippen LogP contribution in [0.5, 0.6) is 0 Å². The highest BCUT2D eigenvalue weighted by Crippen LogP contribution is 2.29. The first-order valence-corrected chi connectivity index (χ1v) is 9.19. The van der Waals surface area contributed by atoms with Gasteiger partial charge in [0.2, 0.25) is 0 Å². The Morgan fingerprint density at radius 2 is 2.05 bits per heavy atom. The van der Waals surface area contributed by atoms with Gasteiger partial charge in [0.25, 0.3) is 10.0 Å². The summed E-state index contributed by atoms with van der Waals surface area (Å²) in [5.41, 5.74) is 1.28. The Balaban J connectivity index is 2.33. The van der Waals surface area contributed by atoms with E-state index in [4.69, 9.17) is 5.11 Å². The third-order valence-corrected chi connectivity index (χ3v) is 6.90. The van der Waals surface area contributed by atoms with Crippen molar-refractivity contribution in [2.45, 2.75) is 31.4 Å². The molecule has 0 radical (unpaired) electrons. The van der Waals surface area contributed by atoms with E-state index in [0.717, 1.165) is 28.3 Å². The van der Waals surface area contributed by atoms with Crippen molar-refractivity contribution in [3.8, 4) is 0 Å². The molecule has 0 fully saturated rings. The fourth-order valence-corrected chi connectivity index (χ4v) is 5.28. The summed E-state index contributed by atoms with van der Waals surface area (Å²) in [5, 5.41) is 9.29. The third kappa shape index (κ3) is 3.25. The van der Waals surface area contributed by atoms with E-state index in [2.05, 4.69) is 9.71 Å². The van der Waals surface area contributed by atoms with Gasteiger partial charge in [-0.2, -0.15) is 0 Å². The van der Waals surface area contributed by atoms with Gasteiger partial charge in [0.1, 0.15) is 9.09 Å².